The molecule has 0 spiro atoms. The highest BCUT2D eigenvalue weighted by Crippen LogP contribution is 2.34. The maximum Gasteiger partial charge on any atom is 0.418 e. The third-order valence-corrected chi connectivity index (χ3v) is 3.43. The molecule has 1 aromatic carbocycles. The summed E-state index contributed by atoms with van der Waals surface area (Å²) < 4.78 is 43.8. The van der Waals surface area contributed by atoms with E-state index in [0.29, 0.717) is 10.9 Å². The normalized spacial score (nSPS) is 11.4. The van der Waals surface area contributed by atoms with Crippen LogP contribution in [-0.2, 0) is 11.0 Å². The number of carboxylic acid groups (broad SMARTS) is 1. The van der Waals surface area contributed by atoms with Crippen molar-refractivity contribution in [3.05, 3.63) is 44.8 Å². The molecule has 1 aromatic heterocycles. The SMILES string of the molecule is Cc1c(C(F)(F)F)cnn(-c2cc(OCC(=O)O)c(Cl)cc2O)c1=O. The number of phenols is 1. The van der Waals surface area contributed by atoms with Gasteiger partial charge in [-0.25, -0.2) is 4.79 Å². The second-order valence-electron chi connectivity index (χ2n) is 4.85. The van der Waals surface area contributed by atoms with Gasteiger partial charge in [0.05, 0.1) is 16.8 Å². The van der Waals surface area contributed by atoms with Crippen molar-refractivity contribution in [2.45, 2.75) is 13.1 Å². The van der Waals surface area contributed by atoms with E-state index in [1.165, 1.54) is 0 Å². The van der Waals surface area contributed by atoms with Crippen LogP contribution in [0, 0.1) is 6.92 Å². The minimum atomic E-state index is -4.76. The van der Waals surface area contributed by atoms with E-state index in [-0.39, 0.29) is 16.5 Å². The topological polar surface area (TPSA) is 102 Å². The van der Waals surface area contributed by atoms with Crippen LogP contribution in [0.2, 0.25) is 5.02 Å². The predicted molar refractivity (Wildman–Crippen MR) is 79.4 cm³/mol. The van der Waals surface area contributed by atoms with Crippen LogP contribution in [0.5, 0.6) is 11.5 Å². The number of aliphatic carboxylic acids is 1. The first-order chi connectivity index (χ1) is 11.5. The summed E-state index contributed by atoms with van der Waals surface area (Å²) in [4.78, 5) is 22.7. The molecule has 0 fully saturated rings. The summed E-state index contributed by atoms with van der Waals surface area (Å²) in [5.74, 6) is -2.05. The summed E-state index contributed by atoms with van der Waals surface area (Å²) in [6, 6.07) is 1.96. The van der Waals surface area contributed by atoms with Crippen LogP contribution in [0.25, 0.3) is 5.69 Å². The maximum atomic E-state index is 12.8. The van der Waals surface area contributed by atoms with E-state index in [1.807, 2.05) is 0 Å². The van der Waals surface area contributed by atoms with Gasteiger partial charge in [-0.05, 0) is 6.92 Å². The lowest BCUT2D eigenvalue weighted by atomic mass is 10.2. The Morgan fingerprint density at radius 1 is 1.40 bits per heavy atom. The largest absolute Gasteiger partial charge is 0.506 e. The number of carboxylic acids is 1. The van der Waals surface area contributed by atoms with Crippen molar-refractivity contribution in [2.75, 3.05) is 6.61 Å². The highest BCUT2D eigenvalue weighted by molar-refractivity contribution is 6.32. The molecule has 2 rings (SSSR count). The van der Waals surface area contributed by atoms with E-state index in [2.05, 4.69) is 5.10 Å². The molecule has 0 saturated heterocycles. The van der Waals surface area contributed by atoms with E-state index < -0.39 is 41.2 Å². The quantitative estimate of drug-likeness (QED) is 0.847. The van der Waals surface area contributed by atoms with Crippen LogP contribution in [0.1, 0.15) is 11.1 Å². The Morgan fingerprint density at radius 3 is 2.60 bits per heavy atom. The van der Waals surface area contributed by atoms with Gasteiger partial charge in [-0.2, -0.15) is 23.0 Å². The first-order valence-corrected chi connectivity index (χ1v) is 6.93. The summed E-state index contributed by atoms with van der Waals surface area (Å²) in [5.41, 5.74) is -3.25. The number of hydrogen-bond acceptors (Lipinski definition) is 5. The van der Waals surface area contributed by atoms with Gasteiger partial charge in [-0.15, -0.1) is 0 Å². The zero-order valence-corrected chi connectivity index (χ0v) is 13.2. The van der Waals surface area contributed by atoms with Crippen molar-refractivity contribution in [1.29, 1.82) is 0 Å². The van der Waals surface area contributed by atoms with Crippen molar-refractivity contribution >= 4 is 17.6 Å². The van der Waals surface area contributed by atoms with Crippen molar-refractivity contribution in [3.63, 3.8) is 0 Å². The average molecular weight is 379 g/mol. The van der Waals surface area contributed by atoms with Crippen LogP contribution in [0.15, 0.2) is 23.1 Å². The van der Waals surface area contributed by atoms with Crippen LogP contribution >= 0.6 is 11.6 Å². The standard InChI is InChI=1S/C14H10ClF3N2O5/c1-6-7(14(16,17)18)4-19-20(13(6)24)9-3-11(25-5-12(22)23)8(15)2-10(9)21/h2-4,21H,5H2,1H3,(H,22,23). The molecular weight excluding hydrogens is 369 g/mol. The number of ether oxygens (including phenoxy) is 1. The molecule has 134 valence electrons. The highest BCUT2D eigenvalue weighted by atomic mass is 35.5. The maximum absolute atomic E-state index is 12.8. The zero-order chi connectivity index (χ0) is 18.9. The first-order valence-electron chi connectivity index (χ1n) is 6.56. The molecule has 0 amide bonds. The summed E-state index contributed by atoms with van der Waals surface area (Å²) in [6.45, 7) is 0.219. The molecule has 11 heteroatoms. The Kier molecular flexibility index (Phi) is 4.93. The number of carbonyl (C=O) groups is 1. The molecule has 7 nitrogen and oxygen atoms in total. The summed E-state index contributed by atoms with van der Waals surface area (Å²) in [7, 11) is 0. The number of nitrogens with zero attached hydrogens (tertiary/aromatic N) is 2. The summed E-state index contributed by atoms with van der Waals surface area (Å²) >= 11 is 5.79. The highest BCUT2D eigenvalue weighted by Gasteiger charge is 2.34. The number of benzene rings is 1. The first kappa shape index (κ1) is 18.6. The molecule has 0 unspecified atom stereocenters. The Bertz CT molecular complexity index is 895. The molecule has 25 heavy (non-hydrogen) atoms. The molecule has 0 radical (unpaired) electrons. The van der Waals surface area contributed by atoms with Gasteiger partial charge < -0.3 is 14.9 Å². The van der Waals surface area contributed by atoms with Crippen molar-refractivity contribution < 1.29 is 32.9 Å². The number of aromatic hydroxyl groups is 1. The lowest BCUT2D eigenvalue weighted by Gasteiger charge is -2.14. The Morgan fingerprint density at radius 2 is 2.04 bits per heavy atom. The average Bonchev–Trinajstić information content (AvgIpc) is 2.48. The van der Waals surface area contributed by atoms with Crippen molar-refractivity contribution in [1.82, 2.24) is 9.78 Å². The molecular formula is C14H10ClF3N2O5. The number of phenolic OH excluding ortho intramolecular Hbond substituents is 1. The number of halogens is 4. The summed E-state index contributed by atoms with van der Waals surface area (Å²) in [6.07, 6.45) is -4.31. The minimum absolute atomic E-state index is 0.154. The molecule has 0 atom stereocenters. The third kappa shape index (κ3) is 3.85. The number of hydrogen-bond donors (Lipinski definition) is 2. The number of alkyl halides is 3. The third-order valence-electron chi connectivity index (χ3n) is 3.13. The lowest BCUT2D eigenvalue weighted by molar-refractivity contribution is -0.139. The molecule has 2 N–H and O–H groups in total. The van der Waals surface area contributed by atoms with Gasteiger partial charge in [0.2, 0.25) is 0 Å². The van der Waals surface area contributed by atoms with E-state index in [1.54, 1.807) is 0 Å². The predicted octanol–water partition coefficient (Wildman–Crippen LogP) is 2.38. The smallest absolute Gasteiger partial charge is 0.418 e. The van der Waals surface area contributed by atoms with Gasteiger partial charge in [0.15, 0.2) is 6.61 Å². The molecule has 0 bridgehead atoms. The van der Waals surface area contributed by atoms with Gasteiger partial charge in [0, 0.05) is 17.7 Å². The molecule has 0 aliphatic rings. The second-order valence-corrected chi connectivity index (χ2v) is 5.26. The van der Waals surface area contributed by atoms with Gasteiger partial charge in [-0.3, -0.25) is 4.79 Å². The van der Waals surface area contributed by atoms with Crippen LogP contribution in [0.4, 0.5) is 13.2 Å². The van der Waals surface area contributed by atoms with Crippen LogP contribution in [0.3, 0.4) is 0 Å². The fourth-order valence-electron chi connectivity index (χ4n) is 1.95. The number of aromatic nitrogens is 2. The zero-order valence-electron chi connectivity index (χ0n) is 12.5. The molecule has 1 heterocycles. The molecule has 0 aliphatic carbocycles. The minimum Gasteiger partial charge on any atom is -0.506 e. The molecule has 0 aliphatic heterocycles. The Balaban J connectivity index is 2.59. The fourth-order valence-corrected chi connectivity index (χ4v) is 2.16. The van der Waals surface area contributed by atoms with Crippen molar-refractivity contribution in [3.8, 4) is 17.2 Å². The van der Waals surface area contributed by atoms with Gasteiger partial charge in [0.25, 0.3) is 5.56 Å². The molecule has 0 saturated carbocycles. The van der Waals surface area contributed by atoms with E-state index >= 15 is 0 Å². The Labute approximate surface area is 142 Å². The summed E-state index contributed by atoms with van der Waals surface area (Å²) in [5, 5.41) is 21.8. The van der Waals surface area contributed by atoms with Crippen LogP contribution < -0.4 is 10.3 Å². The van der Waals surface area contributed by atoms with E-state index in [9.17, 15) is 27.9 Å². The van der Waals surface area contributed by atoms with Crippen molar-refractivity contribution in [2.24, 2.45) is 0 Å². The Hall–Kier alpha value is -2.75. The van der Waals surface area contributed by atoms with Crippen LogP contribution in [-0.4, -0.2) is 32.6 Å². The van der Waals surface area contributed by atoms with E-state index in [4.69, 9.17) is 21.4 Å². The monoisotopic (exact) mass is 378 g/mol. The molecule has 2 aromatic rings. The second kappa shape index (κ2) is 6.63. The fraction of sp³-hybridized carbons (Fsp3) is 0.214. The van der Waals surface area contributed by atoms with E-state index in [0.717, 1.165) is 19.1 Å². The van der Waals surface area contributed by atoms with Gasteiger partial charge >= 0.3 is 12.1 Å². The van der Waals surface area contributed by atoms with Gasteiger partial charge in [0.1, 0.15) is 17.2 Å². The van der Waals surface area contributed by atoms with Gasteiger partial charge in [-0.1, -0.05) is 11.6 Å². The lowest BCUT2D eigenvalue weighted by Crippen LogP contribution is -2.27. The number of rotatable bonds is 4.